The molecular formula is C26H32N4O. The maximum atomic E-state index is 5.29. The van der Waals surface area contributed by atoms with Crippen LogP contribution >= 0.6 is 0 Å². The molecular weight excluding hydrogens is 384 g/mol. The number of piperazine rings is 1. The second-order valence-electron chi connectivity index (χ2n) is 8.74. The standard InChI is InChI=1S/C26H32N4O/c1-31-25-11-9-23(10-12-25)29-15-17-30(18-16-29)24-8-4-14-28(20-24)19-22-6-2-5-21-7-3-13-27-26(21)22/h2-3,5-7,9-13,24H,4,8,14-20H2,1H3. The predicted octanol–water partition coefficient (Wildman–Crippen LogP) is 4.03. The van der Waals surface area contributed by atoms with Crippen LogP contribution in [-0.2, 0) is 6.54 Å². The molecule has 2 fully saturated rings. The normalized spacial score (nSPS) is 20.8. The van der Waals surface area contributed by atoms with Crippen LogP contribution in [-0.4, -0.2) is 67.2 Å². The number of pyridine rings is 1. The molecule has 2 aromatic carbocycles. The molecule has 0 aliphatic carbocycles. The van der Waals surface area contributed by atoms with Crippen LogP contribution in [0.1, 0.15) is 18.4 Å². The van der Waals surface area contributed by atoms with Crippen molar-refractivity contribution >= 4 is 16.6 Å². The first-order valence-electron chi connectivity index (χ1n) is 11.5. The van der Waals surface area contributed by atoms with Gasteiger partial charge in [0.05, 0.1) is 12.6 Å². The lowest BCUT2D eigenvalue weighted by Crippen LogP contribution is -2.55. The van der Waals surface area contributed by atoms with Crippen LogP contribution < -0.4 is 9.64 Å². The fraction of sp³-hybridized carbons (Fsp3) is 0.423. The topological polar surface area (TPSA) is 31.8 Å². The van der Waals surface area contributed by atoms with Gasteiger partial charge >= 0.3 is 0 Å². The van der Waals surface area contributed by atoms with E-state index in [-0.39, 0.29) is 0 Å². The molecule has 2 saturated heterocycles. The fourth-order valence-corrected chi connectivity index (χ4v) is 5.15. The maximum absolute atomic E-state index is 5.29. The SMILES string of the molecule is COc1ccc(N2CCN(C3CCCN(Cc4cccc5cccnc45)C3)CC2)cc1. The number of likely N-dealkylation sites (tertiary alicyclic amines) is 1. The zero-order valence-corrected chi connectivity index (χ0v) is 18.4. The Balaban J connectivity index is 1.19. The molecule has 1 aromatic heterocycles. The highest BCUT2D eigenvalue weighted by Crippen LogP contribution is 2.25. The van der Waals surface area contributed by atoms with Gasteiger partial charge in [0.25, 0.3) is 0 Å². The van der Waals surface area contributed by atoms with Crippen LogP contribution in [0.4, 0.5) is 5.69 Å². The Bertz CT molecular complexity index is 992. The number of methoxy groups -OCH3 is 1. The number of rotatable bonds is 5. The number of piperidine rings is 1. The third kappa shape index (κ3) is 4.53. The first-order valence-corrected chi connectivity index (χ1v) is 11.5. The molecule has 0 amide bonds. The largest absolute Gasteiger partial charge is 0.497 e. The van der Waals surface area contributed by atoms with E-state index >= 15 is 0 Å². The summed E-state index contributed by atoms with van der Waals surface area (Å²) in [4.78, 5) is 12.5. The minimum atomic E-state index is 0.662. The summed E-state index contributed by atoms with van der Waals surface area (Å²) in [6, 6.07) is 19.9. The van der Waals surface area contributed by atoms with Gasteiger partial charge in [-0.1, -0.05) is 24.3 Å². The Morgan fingerprint density at radius 1 is 0.935 bits per heavy atom. The number of ether oxygens (including phenoxy) is 1. The zero-order valence-electron chi connectivity index (χ0n) is 18.4. The molecule has 1 unspecified atom stereocenters. The second-order valence-corrected chi connectivity index (χ2v) is 8.74. The first-order chi connectivity index (χ1) is 15.3. The van der Waals surface area contributed by atoms with Gasteiger partial charge in [-0.15, -0.1) is 0 Å². The van der Waals surface area contributed by atoms with E-state index in [1.54, 1.807) is 7.11 Å². The lowest BCUT2D eigenvalue weighted by molar-refractivity contribution is 0.0889. The smallest absolute Gasteiger partial charge is 0.119 e. The highest BCUT2D eigenvalue weighted by atomic mass is 16.5. The number of nitrogens with zero attached hydrogens (tertiary/aromatic N) is 4. The average Bonchev–Trinajstić information content (AvgIpc) is 2.85. The van der Waals surface area contributed by atoms with Crippen molar-refractivity contribution in [2.45, 2.75) is 25.4 Å². The Morgan fingerprint density at radius 2 is 1.74 bits per heavy atom. The number of hydrogen-bond acceptors (Lipinski definition) is 5. The highest BCUT2D eigenvalue weighted by molar-refractivity contribution is 5.81. The van der Waals surface area contributed by atoms with E-state index in [9.17, 15) is 0 Å². The minimum Gasteiger partial charge on any atom is -0.497 e. The molecule has 162 valence electrons. The van der Waals surface area contributed by atoms with Crippen molar-refractivity contribution in [3.05, 3.63) is 66.4 Å². The number of anilines is 1. The lowest BCUT2D eigenvalue weighted by atomic mass is 10.0. The predicted molar refractivity (Wildman–Crippen MR) is 127 cm³/mol. The minimum absolute atomic E-state index is 0.662. The molecule has 0 radical (unpaired) electrons. The van der Waals surface area contributed by atoms with E-state index in [2.05, 4.69) is 68.2 Å². The third-order valence-electron chi connectivity index (χ3n) is 6.86. The summed E-state index contributed by atoms with van der Waals surface area (Å²) in [7, 11) is 1.72. The van der Waals surface area contributed by atoms with Crippen LogP contribution in [0.3, 0.4) is 0 Å². The number of benzene rings is 2. The van der Waals surface area contributed by atoms with Gasteiger partial charge in [-0.2, -0.15) is 0 Å². The van der Waals surface area contributed by atoms with Crippen molar-refractivity contribution in [2.75, 3.05) is 51.3 Å². The maximum Gasteiger partial charge on any atom is 0.119 e. The van der Waals surface area contributed by atoms with Crippen LogP contribution in [0, 0.1) is 0 Å². The summed E-state index contributed by atoms with van der Waals surface area (Å²) >= 11 is 0. The van der Waals surface area contributed by atoms with E-state index in [4.69, 9.17) is 4.74 Å². The van der Waals surface area contributed by atoms with Gasteiger partial charge in [-0.3, -0.25) is 14.8 Å². The summed E-state index contributed by atoms with van der Waals surface area (Å²) in [5.74, 6) is 0.922. The van der Waals surface area contributed by atoms with E-state index in [1.807, 2.05) is 12.3 Å². The van der Waals surface area contributed by atoms with E-state index in [1.165, 1.54) is 36.0 Å². The second kappa shape index (κ2) is 9.25. The Hall–Kier alpha value is -2.63. The molecule has 0 saturated carbocycles. The Labute approximate surface area is 185 Å². The summed E-state index contributed by atoms with van der Waals surface area (Å²) < 4.78 is 5.29. The van der Waals surface area contributed by atoms with Crippen molar-refractivity contribution in [1.29, 1.82) is 0 Å². The molecule has 2 aliphatic rings. The number of para-hydroxylation sites is 1. The van der Waals surface area contributed by atoms with Gasteiger partial charge in [-0.05, 0) is 55.3 Å². The Kier molecular flexibility index (Phi) is 6.05. The monoisotopic (exact) mass is 416 g/mol. The van der Waals surface area contributed by atoms with Crippen LogP contribution in [0.15, 0.2) is 60.8 Å². The molecule has 31 heavy (non-hydrogen) atoms. The summed E-state index contributed by atoms with van der Waals surface area (Å²) in [6.07, 6.45) is 4.50. The molecule has 1 atom stereocenters. The molecule has 3 aromatic rings. The van der Waals surface area contributed by atoms with Crippen molar-refractivity contribution in [2.24, 2.45) is 0 Å². The summed E-state index contributed by atoms with van der Waals surface area (Å²) in [6.45, 7) is 7.81. The van der Waals surface area contributed by atoms with Crippen LogP contribution in [0.5, 0.6) is 5.75 Å². The first kappa shape index (κ1) is 20.3. The van der Waals surface area contributed by atoms with Gasteiger partial charge in [0.1, 0.15) is 5.75 Å². The summed E-state index contributed by atoms with van der Waals surface area (Å²) in [5, 5.41) is 1.24. The van der Waals surface area contributed by atoms with Crippen LogP contribution in [0.2, 0.25) is 0 Å². The molecule has 5 rings (SSSR count). The van der Waals surface area contributed by atoms with Crippen molar-refractivity contribution < 1.29 is 4.74 Å². The van der Waals surface area contributed by atoms with Crippen molar-refractivity contribution in [1.82, 2.24) is 14.8 Å². The average molecular weight is 417 g/mol. The molecule has 0 N–H and O–H groups in total. The molecule has 0 bridgehead atoms. The Morgan fingerprint density at radius 3 is 2.55 bits per heavy atom. The molecule has 3 heterocycles. The van der Waals surface area contributed by atoms with E-state index in [0.29, 0.717) is 6.04 Å². The van der Waals surface area contributed by atoms with Gasteiger partial charge < -0.3 is 9.64 Å². The van der Waals surface area contributed by atoms with Gasteiger partial charge in [0.2, 0.25) is 0 Å². The number of aromatic nitrogens is 1. The number of fused-ring (bicyclic) bond motifs is 1. The quantitative estimate of drug-likeness (QED) is 0.627. The molecule has 5 heteroatoms. The zero-order chi connectivity index (χ0) is 21.0. The number of hydrogen-bond donors (Lipinski definition) is 0. The summed E-state index contributed by atoms with van der Waals surface area (Å²) in [5.41, 5.74) is 3.80. The van der Waals surface area contributed by atoms with E-state index in [0.717, 1.165) is 50.5 Å². The van der Waals surface area contributed by atoms with Gasteiger partial charge in [0.15, 0.2) is 0 Å². The molecule has 5 nitrogen and oxygen atoms in total. The van der Waals surface area contributed by atoms with Crippen molar-refractivity contribution in [3.63, 3.8) is 0 Å². The lowest BCUT2D eigenvalue weighted by Gasteiger charge is -2.44. The van der Waals surface area contributed by atoms with Crippen LogP contribution in [0.25, 0.3) is 10.9 Å². The third-order valence-corrected chi connectivity index (χ3v) is 6.86. The van der Waals surface area contributed by atoms with Gasteiger partial charge in [-0.25, -0.2) is 0 Å². The van der Waals surface area contributed by atoms with E-state index < -0.39 is 0 Å². The molecule has 2 aliphatic heterocycles. The highest BCUT2D eigenvalue weighted by Gasteiger charge is 2.28. The molecule has 0 spiro atoms. The fourth-order valence-electron chi connectivity index (χ4n) is 5.15. The van der Waals surface area contributed by atoms with Gasteiger partial charge in [0, 0.05) is 62.6 Å². The van der Waals surface area contributed by atoms with Crippen molar-refractivity contribution in [3.8, 4) is 5.75 Å².